The minimum Gasteiger partial charge on any atom is -0.490 e. The number of hydrogen-bond donors (Lipinski definition) is 0. The third kappa shape index (κ3) is 4.62. The summed E-state index contributed by atoms with van der Waals surface area (Å²) in [5, 5.41) is 0. The minimum absolute atomic E-state index is 0.0698. The average molecular weight is 292 g/mol. The number of amides is 1. The van der Waals surface area contributed by atoms with Crippen molar-refractivity contribution in [3.05, 3.63) is 24.0 Å². The van der Waals surface area contributed by atoms with Gasteiger partial charge in [-0.2, -0.15) is 0 Å². The van der Waals surface area contributed by atoms with Crippen molar-refractivity contribution < 1.29 is 14.3 Å². The van der Waals surface area contributed by atoms with E-state index in [1.165, 1.54) is 0 Å². The number of ether oxygens (including phenoxy) is 2. The molecule has 116 valence electrons. The van der Waals surface area contributed by atoms with Crippen LogP contribution in [-0.4, -0.2) is 40.8 Å². The zero-order chi connectivity index (χ0) is 15.5. The molecule has 1 saturated heterocycles. The van der Waals surface area contributed by atoms with Gasteiger partial charge in [-0.05, 0) is 52.2 Å². The SMILES string of the molecule is Cc1cncc(OCC2CCCN2C(=O)OC(C)(C)C)c1. The van der Waals surface area contributed by atoms with E-state index < -0.39 is 5.60 Å². The topological polar surface area (TPSA) is 51.7 Å². The van der Waals surface area contributed by atoms with Crippen LogP contribution in [0.1, 0.15) is 39.2 Å². The Morgan fingerprint density at radius 2 is 2.19 bits per heavy atom. The second-order valence-corrected chi connectivity index (χ2v) is 6.48. The Labute approximate surface area is 126 Å². The number of aromatic nitrogens is 1. The van der Waals surface area contributed by atoms with Crippen molar-refractivity contribution in [2.45, 2.75) is 52.2 Å². The van der Waals surface area contributed by atoms with E-state index in [9.17, 15) is 4.79 Å². The van der Waals surface area contributed by atoms with Gasteiger partial charge >= 0.3 is 6.09 Å². The monoisotopic (exact) mass is 292 g/mol. The molecule has 1 aromatic heterocycles. The van der Waals surface area contributed by atoms with E-state index >= 15 is 0 Å². The molecule has 5 nitrogen and oxygen atoms in total. The Morgan fingerprint density at radius 1 is 1.43 bits per heavy atom. The molecule has 0 bridgehead atoms. The molecule has 0 spiro atoms. The molecule has 0 aromatic carbocycles. The summed E-state index contributed by atoms with van der Waals surface area (Å²) in [6, 6.07) is 2.01. The van der Waals surface area contributed by atoms with E-state index in [0.717, 1.165) is 30.7 Å². The van der Waals surface area contributed by atoms with Crippen LogP contribution in [0.5, 0.6) is 5.75 Å². The molecule has 0 radical (unpaired) electrons. The summed E-state index contributed by atoms with van der Waals surface area (Å²) in [6.45, 7) is 8.82. The summed E-state index contributed by atoms with van der Waals surface area (Å²) < 4.78 is 11.2. The number of carbonyl (C=O) groups is 1. The maximum absolute atomic E-state index is 12.2. The lowest BCUT2D eigenvalue weighted by molar-refractivity contribution is 0.0187. The fourth-order valence-corrected chi connectivity index (χ4v) is 2.37. The summed E-state index contributed by atoms with van der Waals surface area (Å²) in [4.78, 5) is 18.0. The lowest BCUT2D eigenvalue weighted by atomic mass is 10.2. The fraction of sp³-hybridized carbons (Fsp3) is 0.625. The normalized spacial score (nSPS) is 18.7. The first kappa shape index (κ1) is 15.6. The molecule has 2 heterocycles. The van der Waals surface area contributed by atoms with Crippen LogP contribution < -0.4 is 4.74 Å². The molecule has 1 aromatic rings. The Balaban J connectivity index is 1.91. The van der Waals surface area contributed by atoms with Gasteiger partial charge in [-0.15, -0.1) is 0 Å². The Bertz CT molecular complexity index is 497. The fourth-order valence-electron chi connectivity index (χ4n) is 2.37. The number of rotatable bonds is 3. The quantitative estimate of drug-likeness (QED) is 0.858. The van der Waals surface area contributed by atoms with Crippen molar-refractivity contribution in [1.29, 1.82) is 0 Å². The second kappa shape index (κ2) is 6.33. The van der Waals surface area contributed by atoms with Crippen LogP contribution in [0.2, 0.25) is 0 Å². The molecule has 0 aliphatic carbocycles. The summed E-state index contributed by atoms with van der Waals surface area (Å²) >= 11 is 0. The van der Waals surface area contributed by atoms with E-state index in [0.29, 0.717) is 6.61 Å². The van der Waals surface area contributed by atoms with Crippen LogP contribution in [0, 0.1) is 6.92 Å². The van der Waals surface area contributed by atoms with Crippen molar-refractivity contribution in [2.24, 2.45) is 0 Å². The highest BCUT2D eigenvalue weighted by Crippen LogP contribution is 2.22. The zero-order valence-corrected chi connectivity index (χ0v) is 13.3. The van der Waals surface area contributed by atoms with Crippen molar-refractivity contribution in [2.75, 3.05) is 13.2 Å². The van der Waals surface area contributed by atoms with Gasteiger partial charge < -0.3 is 14.4 Å². The van der Waals surface area contributed by atoms with Crippen molar-refractivity contribution in [3.8, 4) is 5.75 Å². The molecule has 21 heavy (non-hydrogen) atoms. The number of aryl methyl sites for hydroxylation is 1. The Morgan fingerprint density at radius 3 is 2.86 bits per heavy atom. The highest BCUT2D eigenvalue weighted by Gasteiger charge is 2.32. The smallest absolute Gasteiger partial charge is 0.410 e. The zero-order valence-electron chi connectivity index (χ0n) is 13.3. The van der Waals surface area contributed by atoms with Gasteiger partial charge in [-0.3, -0.25) is 4.98 Å². The Kier molecular flexibility index (Phi) is 4.70. The Hall–Kier alpha value is -1.78. The number of hydrogen-bond acceptors (Lipinski definition) is 4. The second-order valence-electron chi connectivity index (χ2n) is 6.48. The molecule has 1 aliphatic rings. The minimum atomic E-state index is -0.467. The number of carbonyl (C=O) groups excluding carboxylic acids is 1. The van der Waals surface area contributed by atoms with Gasteiger partial charge in [0.05, 0.1) is 12.2 Å². The van der Waals surface area contributed by atoms with E-state index in [2.05, 4.69) is 4.98 Å². The third-order valence-electron chi connectivity index (χ3n) is 3.30. The number of pyridine rings is 1. The molecule has 1 aliphatic heterocycles. The van der Waals surface area contributed by atoms with Crippen molar-refractivity contribution in [1.82, 2.24) is 9.88 Å². The van der Waals surface area contributed by atoms with Gasteiger partial charge in [-0.1, -0.05) is 0 Å². The molecule has 2 rings (SSSR count). The maximum atomic E-state index is 12.2. The molecule has 5 heteroatoms. The summed E-state index contributed by atoms with van der Waals surface area (Å²) in [6.07, 6.45) is 5.16. The highest BCUT2D eigenvalue weighted by molar-refractivity contribution is 5.69. The lowest BCUT2D eigenvalue weighted by Gasteiger charge is -2.28. The van der Waals surface area contributed by atoms with Gasteiger partial charge in [0.1, 0.15) is 18.0 Å². The standard InChI is InChI=1S/C16H24N2O3/c1-12-8-14(10-17-9-12)20-11-13-6-5-7-18(13)15(19)21-16(2,3)4/h8-10,13H,5-7,11H2,1-4H3. The number of likely N-dealkylation sites (tertiary alicyclic amines) is 1. The van der Waals surface area contributed by atoms with Crippen molar-refractivity contribution >= 4 is 6.09 Å². The van der Waals surface area contributed by atoms with Gasteiger partial charge in [0.2, 0.25) is 0 Å². The van der Waals surface area contributed by atoms with E-state index in [4.69, 9.17) is 9.47 Å². The van der Waals surface area contributed by atoms with Crippen LogP contribution in [0.4, 0.5) is 4.79 Å². The van der Waals surface area contributed by atoms with Gasteiger partial charge in [0, 0.05) is 12.7 Å². The largest absolute Gasteiger partial charge is 0.490 e. The molecular weight excluding hydrogens is 268 g/mol. The average Bonchev–Trinajstić information content (AvgIpc) is 2.83. The summed E-state index contributed by atoms with van der Waals surface area (Å²) in [5.41, 5.74) is 0.592. The summed E-state index contributed by atoms with van der Waals surface area (Å²) in [5.74, 6) is 0.742. The molecule has 1 amide bonds. The number of nitrogens with zero attached hydrogens (tertiary/aromatic N) is 2. The molecule has 1 fully saturated rings. The summed E-state index contributed by atoms with van der Waals surface area (Å²) in [7, 11) is 0. The predicted octanol–water partition coefficient (Wildman–Crippen LogP) is 3.17. The van der Waals surface area contributed by atoms with Crippen LogP contribution in [-0.2, 0) is 4.74 Å². The van der Waals surface area contributed by atoms with Gasteiger partial charge in [-0.25, -0.2) is 4.79 Å². The third-order valence-corrected chi connectivity index (χ3v) is 3.30. The van der Waals surface area contributed by atoms with Crippen molar-refractivity contribution in [3.63, 3.8) is 0 Å². The predicted molar refractivity (Wildman–Crippen MR) is 80.4 cm³/mol. The first-order valence-corrected chi connectivity index (χ1v) is 7.39. The van der Waals surface area contributed by atoms with E-state index in [-0.39, 0.29) is 12.1 Å². The lowest BCUT2D eigenvalue weighted by Crippen LogP contribution is -2.42. The van der Waals surface area contributed by atoms with Crippen LogP contribution in [0.25, 0.3) is 0 Å². The first-order valence-electron chi connectivity index (χ1n) is 7.39. The molecule has 1 unspecified atom stereocenters. The van der Waals surface area contributed by atoms with Gasteiger partial charge in [0.25, 0.3) is 0 Å². The molecular formula is C16H24N2O3. The molecule has 1 atom stereocenters. The van der Waals surface area contributed by atoms with E-state index in [1.807, 2.05) is 33.8 Å². The van der Waals surface area contributed by atoms with Gasteiger partial charge in [0.15, 0.2) is 0 Å². The van der Waals surface area contributed by atoms with Crippen LogP contribution >= 0.6 is 0 Å². The first-order chi connectivity index (χ1) is 9.85. The molecule has 0 saturated carbocycles. The van der Waals surface area contributed by atoms with E-state index in [1.54, 1.807) is 17.3 Å². The van der Waals surface area contributed by atoms with Crippen LogP contribution in [0.3, 0.4) is 0 Å². The molecule has 0 N–H and O–H groups in total. The van der Waals surface area contributed by atoms with Crippen LogP contribution in [0.15, 0.2) is 18.5 Å². The highest BCUT2D eigenvalue weighted by atomic mass is 16.6. The maximum Gasteiger partial charge on any atom is 0.410 e.